The number of nitrogens with zero attached hydrogens (tertiary/aromatic N) is 1. The monoisotopic (exact) mass is 242 g/mol. The fourth-order valence-corrected chi connectivity index (χ4v) is 2.90. The maximum atomic E-state index is 9.70. The van der Waals surface area contributed by atoms with Gasteiger partial charge in [-0.15, -0.1) is 0 Å². The summed E-state index contributed by atoms with van der Waals surface area (Å²) in [7, 11) is 0. The highest BCUT2D eigenvalue weighted by Gasteiger charge is 2.36. The summed E-state index contributed by atoms with van der Waals surface area (Å²) in [6, 6.07) is 0.745. The summed E-state index contributed by atoms with van der Waals surface area (Å²) in [5, 5.41) is 9.70. The average molecular weight is 242 g/mol. The molecule has 0 aromatic heterocycles. The zero-order chi connectivity index (χ0) is 13.1. The van der Waals surface area contributed by atoms with Crippen LogP contribution in [0.3, 0.4) is 0 Å². The van der Waals surface area contributed by atoms with E-state index >= 15 is 0 Å². The van der Waals surface area contributed by atoms with Crippen LogP contribution in [0.4, 0.5) is 0 Å². The predicted molar refractivity (Wildman–Crippen MR) is 72.9 cm³/mol. The SMILES string of the molecule is CCC1CCCCN1C(CO)C(N)C(C)(C)C. The Morgan fingerprint density at radius 2 is 2.00 bits per heavy atom. The Bertz CT molecular complexity index is 225. The molecular weight excluding hydrogens is 212 g/mol. The van der Waals surface area contributed by atoms with Gasteiger partial charge in [-0.25, -0.2) is 0 Å². The summed E-state index contributed by atoms with van der Waals surface area (Å²) >= 11 is 0. The van der Waals surface area contributed by atoms with Gasteiger partial charge in [0.25, 0.3) is 0 Å². The molecule has 0 aliphatic carbocycles. The molecule has 3 heteroatoms. The molecule has 3 N–H and O–H groups in total. The zero-order valence-corrected chi connectivity index (χ0v) is 11.9. The molecule has 1 fully saturated rings. The number of aliphatic hydroxyl groups excluding tert-OH is 1. The molecule has 0 bridgehead atoms. The third-order valence-electron chi connectivity index (χ3n) is 4.17. The first-order valence-corrected chi connectivity index (χ1v) is 7.04. The highest BCUT2D eigenvalue weighted by molar-refractivity contribution is 4.93. The number of aliphatic hydroxyl groups is 1. The van der Waals surface area contributed by atoms with E-state index in [1.54, 1.807) is 0 Å². The van der Waals surface area contributed by atoms with Crippen molar-refractivity contribution in [3.8, 4) is 0 Å². The van der Waals surface area contributed by atoms with Crippen molar-refractivity contribution in [2.24, 2.45) is 11.1 Å². The van der Waals surface area contributed by atoms with Crippen LogP contribution in [0.15, 0.2) is 0 Å². The molecule has 1 aliphatic rings. The third-order valence-corrected chi connectivity index (χ3v) is 4.17. The van der Waals surface area contributed by atoms with Crippen molar-refractivity contribution < 1.29 is 5.11 Å². The minimum absolute atomic E-state index is 0.0275. The van der Waals surface area contributed by atoms with Crippen molar-refractivity contribution in [1.29, 1.82) is 0 Å². The Morgan fingerprint density at radius 3 is 2.47 bits per heavy atom. The molecule has 0 saturated carbocycles. The van der Waals surface area contributed by atoms with Gasteiger partial charge in [0, 0.05) is 18.1 Å². The topological polar surface area (TPSA) is 49.5 Å². The summed E-state index contributed by atoms with van der Waals surface area (Å²) < 4.78 is 0. The Kier molecular flexibility index (Phi) is 5.42. The third kappa shape index (κ3) is 3.67. The summed E-state index contributed by atoms with van der Waals surface area (Å²) in [4.78, 5) is 2.46. The van der Waals surface area contributed by atoms with E-state index in [1.807, 2.05) is 0 Å². The second-order valence-electron chi connectivity index (χ2n) is 6.44. The molecule has 0 aromatic rings. The number of piperidine rings is 1. The van der Waals surface area contributed by atoms with Gasteiger partial charge in [0.2, 0.25) is 0 Å². The van der Waals surface area contributed by atoms with Gasteiger partial charge >= 0.3 is 0 Å². The van der Waals surface area contributed by atoms with Crippen LogP contribution in [0.5, 0.6) is 0 Å². The molecular formula is C14H30N2O. The summed E-state index contributed by atoms with van der Waals surface area (Å²) in [6.07, 6.45) is 4.97. The smallest absolute Gasteiger partial charge is 0.0602 e. The Hall–Kier alpha value is -0.120. The van der Waals surface area contributed by atoms with Crippen molar-refractivity contribution in [2.75, 3.05) is 13.2 Å². The van der Waals surface area contributed by atoms with Crippen LogP contribution < -0.4 is 5.73 Å². The first-order chi connectivity index (χ1) is 7.91. The lowest BCUT2D eigenvalue weighted by Crippen LogP contribution is -2.59. The molecule has 3 atom stereocenters. The Balaban J connectivity index is 2.77. The van der Waals surface area contributed by atoms with Crippen LogP contribution in [-0.2, 0) is 0 Å². The fourth-order valence-electron chi connectivity index (χ4n) is 2.90. The maximum Gasteiger partial charge on any atom is 0.0602 e. The first kappa shape index (κ1) is 14.9. The van der Waals surface area contributed by atoms with Gasteiger partial charge in [0.1, 0.15) is 0 Å². The van der Waals surface area contributed by atoms with E-state index in [2.05, 4.69) is 32.6 Å². The zero-order valence-electron chi connectivity index (χ0n) is 11.9. The molecule has 0 spiro atoms. The molecule has 1 rings (SSSR count). The summed E-state index contributed by atoms with van der Waals surface area (Å²) in [6.45, 7) is 9.98. The van der Waals surface area contributed by atoms with E-state index in [0.29, 0.717) is 6.04 Å². The van der Waals surface area contributed by atoms with Gasteiger partial charge in [0.05, 0.1) is 6.61 Å². The van der Waals surface area contributed by atoms with Crippen LogP contribution in [0.2, 0.25) is 0 Å². The standard InChI is InChI=1S/C14H30N2O/c1-5-11-8-6-7-9-16(11)12(10-17)13(15)14(2,3)4/h11-13,17H,5-10,15H2,1-4H3. The normalized spacial score (nSPS) is 26.8. The van der Waals surface area contributed by atoms with Crippen molar-refractivity contribution in [3.05, 3.63) is 0 Å². The Labute approximate surface area is 106 Å². The molecule has 0 radical (unpaired) electrons. The quantitative estimate of drug-likeness (QED) is 0.792. The van der Waals surface area contributed by atoms with E-state index in [4.69, 9.17) is 5.73 Å². The van der Waals surface area contributed by atoms with E-state index in [9.17, 15) is 5.11 Å². The lowest BCUT2D eigenvalue weighted by Gasteiger charge is -2.45. The van der Waals surface area contributed by atoms with Gasteiger partial charge < -0.3 is 10.8 Å². The van der Waals surface area contributed by atoms with Crippen LogP contribution >= 0.6 is 0 Å². The van der Waals surface area contributed by atoms with Gasteiger partial charge in [-0.05, 0) is 31.2 Å². The summed E-state index contributed by atoms with van der Waals surface area (Å²) in [5.41, 5.74) is 6.40. The van der Waals surface area contributed by atoms with Gasteiger partial charge in [-0.2, -0.15) is 0 Å². The average Bonchev–Trinajstić information content (AvgIpc) is 2.29. The van der Waals surface area contributed by atoms with Crippen molar-refractivity contribution in [3.63, 3.8) is 0 Å². The molecule has 3 nitrogen and oxygen atoms in total. The van der Waals surface area contributed by atoms with Crippen LogP contribution in [0, 0.1) is 5.41 Å². The van der Waals surface area contributed by atoms with E-state index < -0.39 is 0 Å². The number of rotatable bonds is 4. The fraction of sp³-hybridized carbons (Fsp3) is 1.00. The van der Waals surface area contributed by atoms with Crippen molar-refractivity contribution in [1.82, 2.24) is 4.90 Å². The van der Waals surface area contributed by atoms with E-state index in [-0.39, 0.29) is 24.1 Å². The molecule has 0 amide bonds. The lowest BCUT2D eigenvalue weighted by atomic mass is 9.81. The molecule has 1 heterocycles. The highest BCUT2D eigenvalue weighted by atomic mass is 16.3. The lowest BCUT2D eigenvalue weighted by molar-refractivity contribution is 0.0202. The predicted octanol–water partition coefficient (Wildman–Crippen LogP) is 1.99. The second kappa shape index (κ2) is 6.17. The minimum atomic E-state index is 0.0275. The van der Waals surface area contributed by atoms with Crippen molar-refractivity contribution >= 4 is 0 Å². The van der Waals surface area contributed by atoms with Gasteiger partial charge in [0.15, 0.2) is 0 Å². The molecule has 3 unspecified atom stereocenters. The maximum absolute atomic E-state index is 9.70. The van der Waals surface area contributed by atoms with Crippen LogP contribution in [-0.4, -0.2) is 41.3 Å². The van der Waals surface area contributed by atoms with E-state index in [1.165, 1.54) is 19.3 Å². The van der Waals surface area contributed by atoms with Gasteiger partial charge in [-0.1, -0.05) is 34.1 Å². The molecule has 1 aliphatic heterocycles. The molecule has 102 valence electrons. The summed E-state index contributed by atoms with van der Waals surface area (Å²) in [5.74, 6) is 0. The van der Waals surface area contributed by atoms with Crippen molar-refractivity contribution in [2.45, 2.75) is 71.5 Å². The Morgan fingerprint density at radius 1 is 1.35 bits per heavy atom. The number of hydrogen-bond acceptors (Lipinski definition) is 3. The molecule has 1 saturated heterocycles. The van der Waals surface area contributed by atoms with Crippen LogP contribution in [0.1, 0.15) is 53.4 Å². The second-order valence-corrected chi connectivity index (χ2v) is 6.44. The number of nitrogens with two attached hydrogens (primary N) is 1. The van der Waals surface area contributed by atoms with E-state index in [0.717, 1.165) is 13.0 Å². The van der Waals surface area contributed by atoms with Crippen LogP contribution in [0.25, 0.3) is 0 Å². The highest BCUT2D eigenvalue weighted by Crippen LogP contribution is 2.28. The number of likely N-dealkylation sites (tertiary alicyclic amines) is 1. The first-order valence-electron chi connectivity index (χ1n) is 7.04. The van der Waals surface area contributed by atoms with Gasteiger partial charge in [-0.3, -0.25) is 4.90 Å². The largest absolute Gasteiger partial charge is 0.395 e. The molecule has 17 heavy (non-hydrogen) atoms. The molecule has 0 aromatic carbocycles. The number of hydrogen-bond donors (Lipinski definition) is 2. The minimum Gasteiger partial charge on any atom is -0.395 e.